The molecule has 1 aliphatic rings. The third-order valence-corrected chi connectivity index (χ3v) is 7.45. The number of halogens is 1. The molecule has 0 aromatic heterocycles. The Hall–Kier alpha value is -1.83. The van der Waals surface area contributed by atoms with Crippen LogP contribution in [0.5, 0.6) is 5.75 Å². The van der Waals surface area contributed by atoms with Crippen LogP contribution >= 0.6 is 0 Å². The Morgan fingerprint density at radius 1 is 0.812 bits per heavy atom. The zero-order valence-electron chi connectivity index (χ0n) is 21.9. The summed E-state index contributed by atoms with van der Waals surface area (Å²) < 4.78 is 19.1. The van der Waals surface area contributed by atoms with Crippen LogP contribution in [0.3, 0.4) is 0 Å². The molecule has 178 valence electrons. The normalized spacial score (nSPS) is 19.7. The van der Waals surface area contributed by atoms with Crippen molar-refractivity contribution in [1.82, 2.24) is 0 Å². The molecule has 0 bridgehead atoms. The minimum Gasteiger partial charge on any atom is -0.487 e. The summed E-state index contributed by atoms with van der Waals surface area (Å²) in [6, 6.07) is 0. The van der Waals surface area contributed by atoms with E-state index >= 15 is 0 Å². The molecule has 1 nitrogen and oxygen atoms in total. The third-order valence-electron chi connectivity index (χ3n) is 7.45. The van der Waals surface area contributed by atoms with Crippen molar-refractivity contribution >= 4 is 0 Å². The molecule has 0 unspecified atom stereocenters. The molecule has 1 heterocycles. The molecule has 1 aromatic carbocycles. The van der Waals surface area contributed by atoms with E-state index in [-0.39, 0.29) is 12.3 Å². The van der Waals surface area contributed by atoms with Crippen molar-refractivity contribution in [3.63, 3.8) is 0 Å². The summed E-state index contributed by atoms with van der Waals surface area (Å²) in [5.74, 6) is 1.15. The lowest BCUT2D eigenvalue weighted by Gasteiger charge is -2.38. The van der Waals surface area contributed by atoms with Crippen LogP contribution < -0.4 is 4.74 Å². The molecule has 0 saturated carbocycles. The van der Waals surface area contributed by atoms with Gasteiger partial charge in [0, 0.05) is 0 Å². The highest BCUT2D eigenvalue weighted by Gasteiger charge is 2.33. The highest BCUT2D eigenvalue weighted by molar-refractivity contribution is 5.55. The van der Waals surface area contributed by atoms with Gasteiger partial charge in [0.1, 0.15) is 18.0 Å². The summed E-state index contributed by atoms with van der Waals surface area (Å²) in [7, 11) is 0. The monoisotopic (exact) mass is 440 g/mol. The van der Waals surface area contributed by atoms with E-state index in [1.165, 1.54) is 39.0 Å². The van der Waals surface area contributed by atoms with Crippen LogP contribution in [0.2, 0.25) is 0 Å². The van der Waals surface area contributed by atoms with Crippen molar-refractivity contribution in [3.05, 3.63) is 62.8 Å². The molecule has 0 aliphatic carbocycles. The Labute approximate surface area is 196 Å². The first kappa shape index (κ1) is 26.4. The highest BCUT2D eigenvalue weighted by Crippen LogP contribution is 2.42. The zero-order valence-corrected chi connectivity index (χ0v) is 21.9. The minimum absolute atomic E-state index is 0.0789. The second-order valence-electron chi connectivity index (χ2n) is 10.3. The molecule has 0 saturated heterocycles. The van der Waals surface area contributed by atoms with Crippen molar-refractivity contribution < 1.29 is 9.13 Å². The highest BCUT2D eigenvalue weighted by atomic mass is 19.1. The number of rotatable bonds is 10. The quantitative estimate of drug-likeness (QED) is 0.329. The van der Waals surface area contributed by atoms with Crippen LogP contribution in [0, 0.1) is 27.7 Å². The Morgan fingerprint density at radius 3 is 1.94 bits per heavy atom. The van der Waals surface area contributed by atoms with Gasteiger partial charge >= 0.3 is 0 Å². The molecule has 2 rings (SSSR count). The van der Waals surface area contributed by atoms with E-state index in [2.05, 4.69) is 60.6 Å². The number of ether oxygens (including phenoxy) is 1. The van der Waals surface area contributed by atoms with Gasteiger partial charge in [0.25, 0.3) is 0 Å². The Morgan fingerprint density at radius 2 is 1.34 bits per heavy atom. The van der Waals surface area contributed by atoms with Crippen molar-refractivity contribution in [3.8, 4) is 5.75 Å². The SMILES string of the molecule is C/C(=C/CC/C(C)=C/CC/C(C)=C/CC[C@]1(C)CCc2c(C)c(C)c(C)c(C)c2O1)CF. The van der Waals surface area contributed by atoms with Crippen LogP contribution in [0.1, 0.15) is 100 Å². The fourth-order valence-electron chi connectivity index (χ4n) is 4.63. The largest absolute Gasteiger partial charge is 0.487 e. The fourth-order valence-corrected chi connectivity index (χ4v) is 4.63. The van der Waals surface area contributed by atoms with Gasteiger partial charge in [-0.15, -0.1) is 0 Å². The summed E-state index contributed by atoms with van der Waals surface area (Å²) >= 11 is 0. The van der Waals surface area contributed by atoms with Gasteiger partial charge in [0.15, 0.2) is 0 Å². The number of benzene rings is 1. The second kappa shape index (κ2) is 11.9. The Bertz CT molecular complexity index is 887. The van der Waals surface area contributed by atoms with Crippen LogP contribution in [0.4, 0.5) is 4.39 Å². The first-order valence-electron chi connectivity index (χ1n) is 12.4. The topological polar surface area (TPSA) is 9.23 Å². The van der Waals surface area contributed by atoms with E-state index in [0.29, 0.717) is 0 Å². The summed E-state index contributed by atoms with van der Waals surface area (Å²) in [4.78, 5) is 0. The van der Waals surface area contributed by atoms with E-state index in [1.807, 2.05) is 13.0 Å². The summed E-state index contributed by atoms with van der Waals surface area (Å²) in [6.07, 6.45) is 15.2. The van der Waals surface area contributed by atoms with Gasteiger partial charge < -0.3 is 4.74 Å². The van der Waals surface area contributed by atoms with Crippen LogP contribution in [0.25, 0.3) is 0 Å². The molecule has 1 atom stereocenters. The number of alkyl halides is 1. The average molecular weight is 441 g/mol. The molecule has 1 aliphatic heterocycles. The summed E-state index contributed by atoms with van der Waals surface area (Å²) in [5.41, 5.74) is 10.6. The molecule has 0 fully saturated rings. The molecule has 0 amide bonds. The van der Waals surface area contributed by atoms with Crippen molar-refractivity contribution in [2.75, 3.05) is 6.67 Å². The molecular formula is C30H45FO. The van der Waals surface area contributed by atoms with Gasteiger partial charge in [-0.25, -0.2) is 4.39 Å². The van der Waals surface area contributed by atoms with Gasteiger partial charge in [-0.3, -0.25) is 0 Å². The standard InChI is InChI=1S/C30H45FO/c1-21(14-10-15-23(3)20-31)12-9-13-22(2)16-11-18-30(8)19-17-28-26(6)24(4)25(5)27(7)29(28)32-30/h12,15-16H,9-11,13-14,17-20H2,1-8H3/b21-12+,22-16+,23-15-/t30-/m1/s1. The maximum absolute atomic E-state index is 12.5. The summed E-state index contributed by atoms with van der Waals surface area (Å²) in [5, 5.41) is 0. The molecular weight excluding hydrogens is 395 g/mol. The third kappa shape index (κ3) is 7.09. The van der Waals surface area contributed by atoms with Crippen molar-refractivity contribution in [2.45, 2.75) is 112 Å². The van der Waals surface area contributed by atoms with Gasteiger partial charge in [-0.1, -0.05) is 29.4 Å². The zero-order chi connectivity index (χ0) is 23.9. The van der Waals surface area contributed by atoms with Gasteiger partial charge in [-0.05, 0) is 140 Å². The van der Waals surface area contributed by atoms with Crippen molar-refractivity contribution in [2.24, 2.45) is 0 Å². The lowest BCUT2D eigenvalue weighted by molar-refractivity contribution is 0.0560. The summed E-state index contributed by atoms with van der Waals surface area (Å²) in [6.45, 7) is 17.2. The maximum Gasteiger partial charge on any atom is 0.126 e. The maximum atomic E-state index is 12.5. The molecule has 32 heavy (non-hydrogen) atoms. The van der Waals surface area contributed by atoms with Gasteiger partial charge in [0.05, 0.1) is 0 Å². The second-order valence-corrected chi connectivity index (χ2v) is 10.3. The predicted octanol–water partition coefficient (Wildman–Crippen LogP) is 9.15. The molecule has 2 heteroatoms. The number of fused-ring (bicyclic) bond motifs is 1. The minimum atomic E-state index is -0.331. The lowest BCUT2D eigenvalue weighted by Crippen LogP contribution is -2.37. The molecule has 0 radical (unpaired) electrons. The van der Waals surface area contributed by atoms with Crippen LogP contribution in [-0.4, -0.2) is 12.3 Å². The van der Waals surface area contributed by atoms with Crippen molar-refractivity contribution in [1.29, 1.82) is 0 Å². The average Bonchev–Trinajstić information content (AvgIpc) is 2.75. The number of hydrogen-bond acceptors (Lipinski definition) is 1. The predicted molar refractivity (Wildman–Crippen MR) is 138 cm³/mol. The van der Waals surface area contributed by atoms with E-state index in [4.69, 9.17) is 4.74 Å². The van der Waals surface area contributed by atoms with E-state index in [1.54, 1.807) is 0 Å². The lowest BCUT2D eigenvalue weighted by atomic mass is 9.83. The van der Waals surface area contributed by atoms with E-state index < -0.39 is 0 Å². The smallest absolute Gasteiger partial charge is 0.126 e. The Kier molecular flexibility index (Phi) is 9.80. The van der Waals surface area contributed by atoms with E-state index in [0.717, 1.165) is 62.7 Å². The first-order valence-corrected chi connectivity index (χ1v) is 12.4. The van der Waals surface area contributed by atoms with Crippen LogP contribution in [-0.2, 0) is 6.42 Å². The molecule has 0 N–H and O–H groups in total. The van der Waals surface area contributed by atoms with Gasteiger partial charge in [0.2, 0.25) is 0 Å². The molecule has 0 spiro atoms. The number of allylic oxidation sites excluding steroid dienone is 6. The molecule has 1 aromatic rings. The fraction of sp³-hybridized carbons (Fsp3) is 0.600. The van der Waals surface area contributed by atoms with E-state index in [9.17, 15) is 4.39 Å². The van der Waals surface area contributed by atoms with Gasteiger partial charge in [-0.2, -0.15) is 0 Å². The first-order chi connectivity index (χ1) is 15.1. The number of hydrogen-bond donors (Lipinski definition) is 0. The Balaban J connectivity index is 1.86. The van der Waals surface area contributed by atoms with Crippen LogP contribution in [0.15, 0.2) is 34.9 Å².